The van der Waals surface area contributed by atoms with Gasteiger partial charge in [-0.15, -0.1) is 0 Å². The van der Waals surface area contributed by atoms with Crippen LogP contribution in [0.15, 0.2) is 40.8 Å². The van der Waals surface area contributed by atoms with E-state index in [-0.39, 0.29) is 5.91 Å². The average Bonchev–Trinajstić information content (AvgIpc) is 2.77. The van der Waals surface area contributed by atoms with Crippen LogP contribution in [0.3, 0.4) is 0 Å². The first kappa shape index (κ1) is 11.5. The maximum Gasteiger partial charge on any atom is 0.291 e. The van der Waals surface area contributed by atoms with E-state index in [0.29, 0.717) is 5.76 Å². The Morgan fingerprint density at radius 1 is 1.24 bits per heavy atom. The summed E-state index contributed by atoms with van der Waals surface area (Å²) in [5, 5.41) is 2.86. The van der Waals surface area contributed by atoms with Crippen molar-refractivity contribution in [3.05, 3.63) is 53.5 Å². The fraction of sp³-hybridized carbons (Fsp3) is 0.214. The minimum atomic E-state index is -0.209. The van der Waals surface area contributed by atoms with Gasteiger partial charge in [0.1, 0.15) is 5.76 Å². The lowest BCUT2D eigenvalue weighted by atomic mass is 10.1. The van der Waals surface area contributed by atoms with Crippen LogP contribution in [0.1, 0.15) is 28.8 Å². The van der Waals surface area contributed by atoms with Crippen molar-refractivity contribution in [2.45, 2.75) is 20.3 Å². The van der Waals surface area contributed by atoms with E-state index in [0.717, 1.165) is 23.4 Å². The summed E-state index contributed by atoms with van der Waals surface area (Å²) >= 11 is 0. The van der Waals surface area contributed by atoms with Gasteiger partial charge < -0.3 is 9.73 Å². The largest absolute Gasteiger partial charge is 0.456 e. The molecule has 2 rings (SSSR count). The van der Waals surface area contributed by atoms with Crippen LogP contribution in [0.4, 0.5) is 5.69 Å². The van der Waals surface area contributed by atoms with Crippen molar-refractivity contribution >= 4 is 11.6 Å². The lowest BCUT2D eigenvalue weighted by molar-refractivity contribution is 0.0995. The first-order valence-corrected chi connectivity index (χ1v) is 5.66. The van der Waals surface area contributed by atoms with Crippen molar-refractivity contribution < 1.29 is 9.21 Å². The van der Waals surface area contributed by atoms with Crippen LogP contribution >= 0.6 is 0 Å². The van der Waals surface area contributed by atoms with Gasteiger partial charge in [-0.25, -0.2) is 0 Å². The van der Waals surface area contributed by atoms with E-state index in [1.807, 2.05) is 31.2 Å². The number of rotatable bonds is 3. The molecular weight excluding hydrogens is 214 g/mol. The number of carbonyl (C=O) groups excluding carboxylic acids is 1. The van der Waals surface area contributed by atoms with E-state index in [9.17, 15) is 4.79 Å². The molecule has 0 saturated carbocycles. The molecule has 0 bridgehead atoms. The molecule has 1 amide bonds. The van der Waals surface area contributed by atoms with Gasteiger partial charge in [0, 0.05) is 5.69 Å². The van der Waals surface area contributed by atoms with E-state index in [1.54, 1.807) is 12.1 Å². The van der Waals surface area contributed by atoms with Gasteiger partial charge in [-0.2, -0.15) is 0 Å². The number of furan rings is 1. The predicted octanol–water partition coefficient (Wildman–Crippen LogP) is 3.40. The highest BCUT2D eigenvalue weighted by molar-refractivity contribution is 6.02. The standard InChI is InChI=1S/C14H15NO2/c1-3-11-6-4-5-7-12(11)15-14(16)13-9-8-10(2)17-13/h4-9H,3H2,1-2H3,(H,15,16). The molecule has 1 aromatic carbocycles. The zero-order valence-corrected chi connectivity index (χ0v) is 9.99. The summed E-state index contributed by atoms with van der Waals surface area (Å²) in [5.41, 5.74) is 1.96. The highest BCUT2D eigenvalue weighted by Crippen LogP contribution is 2.17. The molecule has 0 fully saturated rings. The molecule has 88 valence electrons. The predicted molar refractivity (Wildman–Crippen MR) is 67.2 cm³/mol. The number of benzene rings is 1. The molecule has 1 aromatic heterocycles. The quantitative estimate of drug-likeness (QED) is 0.876. The van der Waals surface area contributed by atoms with Crippen molar-refractivity contribution in [3.8, 4) is 0 Å². The molecule has 1 heterocycles. The first-order chi connectivity index (χ1) is 8.20. The lowest BCUT2D eigenvalue weighted by Gasteiger charge is -2.07. The van der Waals surface area contributed by atoms with E-state index in [2.05, 4.69) is 12.2 Å². The van der Waals surface area contributed by atoms with E-state index in [4.69, 9.17) is 4.42 Å². The fourth-order valence-electron chi connectivity index (χ4n) is 1.69. The SMILES string of the molecule is CCc1ccccc1NC(=O)c1ccc(C)o1. The van der Waals surface area contributed by atoms with Crippen molar-refractivity contribution in [1.29, 1.82) is 0 Å². The summed E-state index contributed by atoms with van der Waals surface area (Å²) in [4.78, 5) is 11.9. The molecule has 0 saturated heterocycles. The number of hydrogen-bond donors (Lipinski definition) is 1. The Morgan fingerprint density at radius 3 is 2.65 bits per heavy atom. The molecule has 2 aromatic rings. The van der Waals surface area contributed by atoms with Gasteiger partial charge in [0.05, 0.1) is 0 Å². The second kappa shape index (κ2) is 4.87. The molecule has 0 atom stereocenters. The van der Waals surface area contributed by atoms with Gasteiger partial charge in [0.2, 0.25) is 0 Å². The Balaban J connectivity index is 2.18. The number of anilines is 1. The maximum absolute atomic E-state index is 11.9. The van der Waals surface area contributed by atoms with Crippen LogP contribution in [-0.4, -0.2) is 5.91 Å². The second-order valence-corrected chi connectivity index (χ2v) is 3.88. The molecule has 1 N–H and O–H groups in total. The molecule has 0 aliphatic heterocycles. The summed E-state index contributed by atoms with van der Waals surface area (Å²) in [6.07, 6.45) is 0.883. The Kier molecular flexibility index (Phi) is 3.28. The van der Waals surface area contributed by atoms with E-state index < -0.39 is 0 Å². The third-order valence-corrected chi connectivity index (χ3v) is 2.61. The summed E-state index contributed by atoms with van der Waals surface area (Å²) in [6, 6.07) is 11.2. The number of amides is 1. The number of hydrogen-bond acceptors (Lipinski definition) is 2. The van der Waals surface area contributed by atoms with Crippen molar-refractivity contribution in [2.24, 2.45) is 0 Å². The topological polar surface area (TPSA) is 42.2 Å². The molecule has 17 heavy (non-hydrogen) atoms. The first-order valence-electron chi connectivity index (χ1n) is 5.66. The van der Waals surface area contributed by atoms with Crippen molar-refractivity contribution in [1.82, 2.24) is 0 Å². The van der Waals surface area contributed by atoms with Crippen LogP contribution in [0.25, 0.3) is 0 Å². The third-order valence-electron chi connectivity index (χ3n) is 2.61. The molecule has 0 radical (unpaired) electrons. The number of aryl methyl sites for hydroxylation is 2. The summed E-state index contributed by atoms with van der Waals surface area (Å²) < 4.78 is 5.28. The minimum absolute atomic E-state index is 0.209. The molecule has 0 spiro atoms. The molecule has 0 unspecified atom stereocenters. The smallest absolute Gasteiger partial charge is 0.291 e. The third kappa shape index (κ3) is 2.56. The van der Waals surface area contributed by atoms with Crippen LogP contribution in [0, 0.1) is 6.92 Å². The van der Waals surface area contributed by atoms with Gasteiger partial charge >= 0.3 is 0 Å². The van der Waals surface area contributed by atoms with Crippen LogP contribution in [0.2, 0.25) is 0 Å². The monoisotopic (exact) mass is 229 g/mol. The Morgan fingerprint density at radius 2 is 2.00 bits per heavy atom. The highest BCUT2D eigenvalue weighted by Gasteiger charge is 2.11. The summed E-state index contributed by atoms with van der Waals surface area (Å²) in [6.45, 7) is 3.87. The minimum Gasteiger partial charge on any atom is -0.456 e. The number of para-hydroxylation sites is 1. The Bertz CT molecular complexity index is 529. The summed E-state index contributed by atoms with van der Waals surface area (Å²) in [5.74, 6) is 0.867. The molecular formula is C14H15NO2. The van der Waals surface area contributed by atoms with Gasteiger partial charge in [-0.1, -0.05) is 25.1 Å². The van der Waals surface area contributed by atoms with Gasteiger partial charge in [0.15, 0.2) is 5.76 Å². The van der Waals surface area contributed by atoms with Gasteiger partial charge in [-0.3, -0.25) is 4.79 Å². The van der Waals surface area contributed by atoms with Crippen molar-refractivity contribution in [2.75, 3.05) is 5.32 Å². The zero-order valence-electron chi connectivity index (χ0n) is 9.99. The highest BCUT2D eigenvalue weighted by atomic mass is 16.3. The Hall–Kier alpha value is -2.03. The maximum atomic E-state index is 11.9. The van der Waals surface area contributed by atoms with E-state index in [1.165, 1.54) is 0 Å². The van der Waals surface area contributed by atoms with Crippen LogP contribution in [-0.2, 0) is 6.42 Å². The average molecular weight is 229 g/mol. The summed E-state index contributed by atoms with van der Waals surface area (Å²) in [7, 11) is 0. The van der Waals surface area contributed by atoms with Crippen LogP contribution < -0.4 is 5.32 Å². The van der Waals surface area contributed by atoms with E-state index >= 15 is 0 Å². The lowest BCUT2D eigenvalue weighted by Crippen LogP contribution is -2.12. The molecule has 0 aliphatic carbocycles. The van der Waals surface area contributed by atoms with Gasteiger partial charge in [0.25, 0.3) is 5.91 Å². The molecule has 0 aliphatic rings. The van der Waals surface area contributed by atoms with Gasteiger partial charge in [-0.05, 0) is 37.1 Å². The normalized spacial score (nSPS) is 10.2. The zero-order chi connectivity index (χ0) is 12.3. The Labute approximate surface area is 100 Å². The van der Waals surface area contributed by atoms with Crippen LogP contribution in [0.5, 0.6) is 0 Å². The second-order valence-electron chi connectivity index (χ2n) is 3.88. The number of nitrogens with one attached hydrogen (secondary N) is 1. The number of carbonyl (C=O) groups is 1. The fourth-order valence-corrected chi connectivity index (χ4v) is 1.69. The van der Waals surface area contributed by atoms with Crippen molar-refractivity contribution in [3.63, 3.8) is 0 Å². The molecule has 3 heteroatoms. The molecule has 3 nitrogen and oxygen atoms in total.